The van der Waals surface area contributed by atoms with Crippen molar-refractivity contribution in [1.82, 2.24) is 15.1 Å². The second-order valence-electron chi connectivity index (χ2n) is 5.35. The van der Waals surface area contributed by atoms with Gasteiger partial charge >= 0.3 is 5.69 Å². The van der Waals surface area contributed by atoms with Crippen LogP contribution in [0.15, 0.2) is 36.7 Å². The molecule has 0 aliphatic carbocycles. The van der Waals surface area contributed by atoms with Gasteiger partial charge in [-0.3, -0.25) is 19.6 Å². The second-order valence-corrected chi connectivity index (χ2v) is 5.35. The lowest BCUT2D eigenvalue weighted by atomic mass is 10.0. The van der Waals surface area contributed by atoms with Crippen LogP contribution in [0.5, 0.6) is 5.75 Å². The Kier molecular flexibility index (Phi) is 3.96. The van der Waals surface area contributed by atoms with E-state index in [9.17, 15) is 14.9 Å². The highest BCUT2D eigenvalue weighted by atomic mass is 16.6. The average molecular weight is 316 g/mol. The molecular formula is C15H16N4O4. The van der Waals surface area contributed by atoms with Gasteiger partial charge in [0, 0.05) is 12.0 Å². The number of hydrogen-bond donors (Lipinski definition) is 1. The molecule has 0 radical (unpaired) electrons. The van der Waals surface area contributed by atoms with Crippen LogP contribution >= 0.6 is 0 Å². The fourth-order valence-electron chi connectivity index (χ4n) is 2.54. The third-order valence-electron chi connectivity index (χ3n) is 3.85. The van der Waals surface area contributed by atoms with Crippen molar-refractivity contribution in [3.63, 3.8) is 0 Å². The molecule has 0 unspecified atom stereocenters. The number of carbonyl (C=O) groups excluding carboxylic acids is 1. The normalized spacial score (nSPS) is 17.7. The SMILES string of the molecule is C[C@@H](C(=O)N[C@@H]1CCOc2ccccc21)n1cc([N+](=O)[O-])cn1. The fourth-order valence-corrected chi connectivity index (χ4v) is 2.54. The van der Waals surface area contributed by atoms with Gasteiger partial charge in [-0.1, -0.05) is 18.2 Å². The maximum atomic E-state index is 12.4. The minimum absolute atomic E-state index is 0.138. The van der Waals surface area contributed by atoms with E-state index in [1.54, 1.807) is 6.92 Å². The van der Waals surface area contributed by atoms with E-state index in [2.05, 4.69) is 10.4 Å². The van der Waals surface area contributed by atoms with Gasteiger partial charge in [-0.15, -0.1) is 0 Å². The molecule has 0 bridgehead atoms. The monoisotopic (exact) mass is 316 g/mol. The Morgan fingerprint density at radius 3 is 3.04 bits per heavy atom. The smallest absolute Gasteiger partial charge is 0.307 e. The Morgan fingerprint density at radius 1 is 1.52 bits per heavy atom. The molecule has 2 heterocycles. The van der Waals surface area contributed by atoms with Crippen molar-refractivity contribution in [3.8, 4) is 5.75 Å². The number of aromatic nitrogens is 2. The molecule has 1 aromatic carbocycles. The minimum atomic E-state index is -0.640. The number of nitrogens with zero attached hydrogens (tertiary/aromatic N) is 3. The molecule has 1 amide bonds. The van der Waals surface area contributed by atoms with Crippen LogP contribution in [0.25, 0.3) is 0 Å². The van der Waals surface area contributed by atoms with Gasteiger partial charge < -0.3 is 10.1 Å². The number of para-hydroxylation sites is 1. The van der Waals surface area contributed by atoms with Crippen LogP contribution in [0, 0.1) is 10.1 Å². The summed E-state index contributed by atoms with van der Waals surface area (Å²) in [7, 11) is 0. The molecule has 2 atom stereocenters. The molecular weight excluding hydrogens is 300 g/mol. The average Bonchev–Trinajstić information content (AvgIpc) is 3.04. The zero-order valence-electron chi connectivity index (χ0n) is 12.5. The zero-order chi connectivity index (χ0) is 16.4. The van der Waals surface area contributed by atoms with Gasteiger partial charge in [-0.2, -0.15) is 5.10 Å². The maximum Gasteiger partial charge on any atom is 0.307 e. The third-order valence-corrected chi connectivity index (χ3v) is 3.85. The fraction of sp³-hybridized carbons (Fsp3) is 0.333. The number of fused-ring (bicyclic) bond motifs is 1. The highest BCUT2D eigenvalue weighted by Crippen LogP contribution is 2.31. The molecule has 1 aliphatic rings. The van der Waals surface area contributed by atoms with Gasteiger partial charge in [-0.05, 0) is 13.0 Å². The molecule has 3 rings (SSSR count). The summed E-state index contributed by atoms with van der Waals surface area (Å²) in [5.74, 6) is 0.524. The number of ether oxygens (including phenoxy) is 1. The first-order valence-corrected chi connectivity index (χ1v) is 7.27. The second kappa shape index (κ2) is 6.07. The molecule has 1 aliphatic heterocycles. The van der Waals surface area contributed by atoms with E-state index in [0.717, 1.165) is 17.5 Å². The molecule has 0 saturated carbocycles. The third kappa shape index (κ3) is 3.01. The van der Waals surface area contributed by atoms with Crippen molar-refractivity contribution in [1.29, 1.82) is 0 Å². The molecule has 1 N–H and O–H groups in total. The first-order valence-electron chi connectivity index (χ1n) is 7.27. The first kappa shape index (κ1) is 15.0. The van der Waals surface area contributed by atoms with Gasteiger partial charge in [0.05, 0.1) is 17.6 Å². The highest BCUT2D eigenvalue weighted by molar-refractivity contribution is 5.80. The quantitative estimate of drug-likeness (QED) is 0.687. The lowest BCUT2D eigenvalue weighted by Crippen LogP contribution is -2.36. The summed E-state index contributed by atoms with van der Waals surface area (Å²) in [6.07, 6.45) is 3.06. The van der Waals surface area contributed by atoms with Crippen LogP contribution < -0.4 is 10.1 Å². The van der Waals surface area contributed by atoms with E-state index in [-0.39, 0.29) is 17.6 Å². The predicted molar refractivity (Wildman–Crippen MR) is 81.0 cm³/mol. The molecule has 0 saturated heterocycles. The number of nitrogens with one attached hydrogen (secondary N) is 1. The number of nitro groups is 1. The van der Waals surface area contributed by atoms with Crippen LogP contribution in [0.2, 0.25) is 0 Å². The van der Waals surface area contributed by atoms with Gasteiger partial charge in [0.25, 0.3) is 0 Å². The van der Waals surface area contributed by atoms with Crippen LogP contribution in [-0.2, 0) is 4.79 Å². The van der Waals surface area contributed by atoms with Crippen LogP contribution in [-0.4, -0.2) is 27.2 Å². The van der Waals surface area contributed by atoms with Crippen molar-refractivity contribution in [3.05, 3.63) is 52.3 Å². The lowest BCUT2D eigenvalue weighted by molar-refractivity contribution is -0.385. The van der Waals surface area contributed by atoms with Gasteiger partial charge in [-0.25, -0.2) is 0 Å². The van der Waals surface area contributed by atoms with Gasteiger partial charge in [0.15, 0.2) is 0 Å². The number of hydrogen-bond acceptors (Lipinski definition) is 5. The minimum Gasteiger partial charge on any atom is -0.493 e. The Labute approximate surface area is 132 Å². The summed E-state index contributed by atoms with van der Waals surface area (Å²) in [6.45, 7) is 2.18. The van der Waals surface area contributed by atoms with Crippen molar-refractivity contribution in [2.24, 2.45) is 0 Å². The van der Waals surface area contributed by atoms with Crippen molar-refractivity contribution >= 4 is 11.6 Å². The largest absolute Gasteiger partial charge is 0.493 e. The summed E-state index contributed by atoms with van der Waals surface area (Å²) in [5, 5.41) is 17.5. The maximum absolute atomic E-state index is 12.4. The molecule has 2 aromatic rings. The van der Waals surface area contributed by atoms with E-state index in [4.69, 9.17) is 4.74 Å². The molecule has 120 valence electrons. The van der Waals surface area contributed by atoms with Crippen LogP contribution in [0.3, 0.4) is 0 Å². The Morgan fingerprint density at radius 2 is 2.30 bits per heavy atom. The zero-order valence-corrected chi connectivity index (χ0v) is 12.5. The number of amides is 1. The van der Waals surface area contributed by atoms with Crippen molar-refractivity contribution in [2.45, 2.75) is 25.4 Å². The Bertz CT molecular complexity index is 743. The summed E-state index contributed by atoms with van der Waals surface area (Å²) < 4.78 is 6.86. The van der Waals surface area contributed by atoms with Crippen molar-refractivity contribution < 1.29 is 14.5 Å². The van der Waals surface area contributed by atoms with Gasteiger partial charge in [0.1, 0.15) is 24.2 Å². The predicted octanol–water partition coefficient (Wildman–Crippen LogP) is 1.99. The topological polar surface area (TPSA) is 99.3 Å². The van der Waals surface area contributed by atoms with E-state index in [1.807, 2.05) is 24.3 Å². The summed E-state index contributed by atoms with van der Waals surface area (Å²) >= 11 is 0. The molecule has 0 fully saturated rings. The number of benzene rings is 1. The first-order chi connectivity index (χ1) is 11.1. The van der Waals surface area contributed by atoms with Gasteiger partial charge in [0.2, 0.25) is 5.91 Å². The summed E-state index contributed by atoms with van der Waals surface area (Å²) in [6, 6.07) is 6.79. The Balaban J connectivity index is 1.73. The van der Waals surface area contributed by atoms with Crippen LogP contribution in [0.4, 0.5) is 5.69 Å². The summed E-state index contributed by atoms with van der Waals surface area (Å²) in [5.41, 5.74) is 0.798. The number of rotatable bonds is 4. The molecule has 1 aromatic heterocycles. The van der Waals surface area contributed by atoms with E-state index in [0.29, 0.717) is 13.0 Å². The van der Waals surface area contributed by atoms with Crippen molar-refractivity contribution in [2.75, 3.05) is 6.61 Å². The van der Waals surface area contributed by atoms with Crippen LogP contribution in [0.1, 0.15) is 31.0 Å². The van der Waals surface area contributed by atoms with E-state index >= 15 is 0 Å². The molecule has 0 spiro atoms. The number of carbonyl (C=O) groups is 1. The molecule has 8 heteroatoms. The summed E-state index contributed by atoms with van der Waals surface area (Å²) in [4.78, 5) is 22.6. The highest BCUT2D eigenvalue weighted by Gasteiger charge is 2.26. The molecule has 8 nitrogen and oxygen atoms in total. The molecule has 23 heavy (non-hydrogen) atoms. The van der Waals surface area contributed by atoms with E-state index < -0.39 is 11.0 Å². The lowest BCUT2D eigenvalue weighted by Gasteiger charge is -2.27. The standard InChI is InChI=1S/C15H16N4O4/c1-10(18-9-11(8-16-18)19(21)22)15(20)17-13-6-7-23-14-5-3-2-4-12(13)14/h2-5,8-10,13H,6-7H2,1H3,(H,17,20)/t10-,13+/m0/s1. The Hall–Kier alpha value is -2.90. The van der Waals surface area contributed by atoms with E-state index in [1.165, 1.54) is 10.9 Å².